The number of hydrazine groups is 1. The van der Waals surface area contributed by atoms with Crippen LogP contribution in [0.5, 0.6) is 0 Å². The Kier molecular flexibility index (Phi) is 4.21. The summed E-state index contributed by atoms with van der Waals surface area (Å²) < 4.78 is 0. The van der Waals surface area contributed by atoms with E-state index in [0.29, 0.717) is 0 Å². The van der Waals surface area contributed by atoms with E-state index in [9.17, 15) is 0 Å². The summed E-state index contributed by atoms with van der Waals surface area (Å²) in [5.74, 6) is 0.922. The third-order valence-electron chi connectivity index (χ3n) is 1.72. The van der Waals surface area contributed by atoms with Gasteiger partial charge >= 0.3 is 0 Å². The van der Waals surface area contributed by atoms with Crippen LogP contribution >= 0.6 is 0 Å². The van der Waals surface area contributed by atoms with E-state index in [1.807, 2.05) is 30.3 Å². The van der Waals surface area contributed by atoms with E-state index in [4.69, 9.17) is 0 Å². The molecule has 0 bridgehead atoms. The smallest absolute Gasteiger partial charge is 0.143 e. The highest BCUT2D eigenvalue weighted by atomic mass is 15.5. The molecule has 0 aromatic carbocycles. The number of nitrogens with one attached hydrogen (secondary N) is 2. The van der Waals surface area contributed by atoms with Crippen LogP contribution in [-0.4, -0.2) is 25.2 Å². The van der Waals surface area contributed by atoms with Gasteiger partial charge in [0, 0.05) is 13.2 Å². The minimum Gasteiger partial charge on any atom is -0.299 e. The molecular weight excluding hydrogens is 164 g/mol. The Balaban J connectivity index is 2.56. The van der Waals surface area contributed by atoms with Crippen molar-refractivity contribution in [1.82, 2.24) is 15.7 Å². The second-order valence-corrected chi connectivity index (χ2v) is 2.60. The fourth-order valence-electron chi connectivity index (χ4n) is 1.01. The fourth-order valence-corrected chi connectivity index (χ4v) is 1.01. The molecule has 0 aliphatic carbocycles. The topological polar surface area (TPSA) is 40.2 Å². The highest BCUT2D eigenvalue weighted by Crippen LogP contribution is 2.03. The fraction of sp³-hybridized carbons (Fsp3) is 0.444. The lowest BCUT2D eigenvalue weighted by atomic mass is 10.4. The van der Waals surface area contributed by atoms with Crippen molar-refractivity contribution in [1.29, 1.82) is 0 Å². The van der Waals surface area contributed by atoms with E-state index in [0.717, 1.165) is 19.0 Å². The minimum absolute atomic E-state index is 0.754. The first-order valence-corrected chi connectivity index (χ1v) is 4.45. The minimum atomic E-state index is 0.754. The van der Waals surface area contributed by atoms with Crippen molar-refractivity contribution in [2.24, 2.45) is 0 Å². The van der Waals surface area contributed by atoms with Gasteiger partial charge in [0.2, 0.25) is 0 Å². The van der Waals surface area contributed by atoms with E-state index < -0.39 is 0 Å². The van der Waals surface area contributed by atoms with Crippen LogP contribution in [0.3, 0.4) is 0 Å². The Morgan fingerprint density at radius 1 is 1.46 bits per heavy atom. The van der Waals surface area contributed by atoms with Crippen LogP contribution in [0, 0.1) is 0 Å². The van der Waals surface area contributed by atoms with Crippen molar-refractivity contribution >= 4 is 5.82 Å². The molecular formula is C9H16N4. The van der Waals surface area contributed by atoms with Gasteiger partial charge in [-0.05, 0) is 18.7 Å². The molecule has 0 aliphatic rings. The summed E-state index contributed by atoms with van der Waals surface area (Å²) in [4.78, 5) is 4.23. The lowest BCUT2D eigenvalue weighted by Crippen LogP contribution is -2.42. The molecule has 1 rings (SSSR count). The lowest BCUT2D eigenvalue weighted by molar-refractivity contribution is 0.611. The molecule has 1 aromatic heterocycles. The van der Waals surface area contributed by atoms with Crippen LogP contribution in [-0.2, 0) is 0 Å². The molecule has 0 saturated heterocycles. The number of hydrogen-bond acceptors (Lipinski definition) is 4. The molecule has 1 aromatic rings. The van der Waals surface area contributed by atoms with Crippen molar-refractivity contribution in [3.8, 4) is 0 Å². The van der Waals surface area contributed by atoms with Gasteiger partial charge in [-0.15, -0.1) is 0 Å². The predicted molar refractivity (Wildman–Crippen MR) is 54.3 cm³/mol. The molecule has 0 atom stereocenters. The molecule has 72 valence electrons. The summed E-state index contributed by atoms with van der Waals surface area (Å²) in [6.07, 6.45) is 1.78. The molecule has 0 amide bonds. The Bertz CT molecular complexity index is 224. The van der Waals surface area contributed by atoms with Crippen molar-refractivity contribution in [3.63, 3.8) is 0 Å². The molecule has 4 nitrogen and oxygen atoms in total. The normalized spacial score (nSPS) is 10.0. The zero-order chi connectivity index (χ0) is 9.52. The molecule has 0 saturated carbocycles. The third-order valence-corrected chi connectivity index (χ3v) is 1.72. The zero-order valence-corrected chi connectivity index (χ0v) is 8.12. The molecule has 0 radical (unpaired) electrons. The average Bonchev–Trinajstić information content (AvgIpc) is 2.21. The number of pyridine rings is 1. The van der Waals surface area contributed by atoms with Crippen molar-refractivity contribution in [3.05, 3.63) is 24.4 Å². The van der Waals surface area contributed by atoms with E-state index in [1.54, 1.807) is 6.20 Å². The van der Waals surface area contributed by atoms with Gasteiger partial charge in [-0.1, -0.05) is 13.0 Å². The summed E-state index contributed by atoms with van der Waals surface area (Å²) >= 11 is 0. The number of rotatable bonds is 5. The van der Waals surface area contributed by atoms with E-state index in [-0.39, 0.29) is 0 Å². The van der Waals surface area contributed by atoms with Gasteiger partial charge < -0.3 is 0 Å². The average molecular weight is 180 g/mol. The van der Waals surface area contributed by atoms with Crippen LogP contribution in [0.4, 0.5) is 5.82 Å². The SMILES string of the molecule is CCNCN(NC)c1ccccn1. The molecule has 0 aliphatic heterocycles. The molecule has 4 heteroatoms. The van der Waals surface area contributed by atoms with E-state index in [2.05, 4.69) is 22.7 Å². The summed E-state index contributed by atoms with van der Waals surface area (Å²) in [5.41, 5.74) is 3.06. The van der Waals surface area contributed by atoms with Crippen molar-refractivity contribution in [2.45, 2.75) is 6.92 Å². The second-order valence-electron chi connectivity index (χ2n) is 2.60. The Morgan fingerprint density at radius 3 is 2.85 bits per heavy atom. The first-order chi connectivity index (χ1) is 6.38. The number of hydrogen-bond donors (Lipinski definition) is 2. The van der Waals surface area contributed by atoms with Gasteiger partial charge in [-0.3, -0.25) is 10.3 Å². The Hall–Kier alpha value is -1.13. The molecule has 1 heterocycles. The summed E-state index contributed by atoms with van der Waals surface area (Å²) in [7, 11) is 1.88. The standard InChI is InChI=1S/C9H16N4/c1-3-11-8-13(10-2)9-6-4-5-7-12-9/h4-7,10-11H,3,8H2,1-2H3. The molecule has 0 spiro atoms. The summed E-state index contributed by atoms with van der Waals surface area (Å²) in [6.45, 7) is 3.78. The Morgan fingerprint density at radius 2 is 2.31 bits per heavy atom. The zero-order valence-electron chi connectivity index (χ0n) is 8.12. The summed E-state index contributed by atoms with van der Waals surface area (Å²) in [5, 5.41) is 5.17. The first kappa shape index (κ1) is 9.95. The second kappa shape index (κ2) is 5.50. The Labute approximate surface area is 78.9 Å². The van der Waals surface area contributed by atoms with Crippen LogP contribution in [0.15, 0.2) is 24.4 Å². The molecule has 2 N–H and O–H groups in total. The summed E-state index contributed by atoms with van der Waals surface area (Å²) in [6, 6.07) is 5.84. The van der Waals surface area contributed by atoms with Gasteiger partial charge in [0.1, 0.15) is 5.82 Å². The van der Waals surface area contributed by atoms with E-state index in [1.165, 1.54) is 0 Å². The maximum Gasteiger partial charge on any atom is 0.143 e. The van der Waals surface area contributed by atoms with Crippen LogP contribution < -0.4 is 15.8 Å². The quantitative estimate of drug-likeness (QED) is 0.514. The third kappa shape index (κ3) is 3.01. The number of aromatic nitrogens is 1. The van der Waals surface area contributed by atoms with Crippen LogP contribution in [0.1, 0.15) is 6.92 Å². The highest BCUT2D eigenvalue weighted by molar-refractivity contribution is 5.35. The van der Waals surface area contributed by atoms with Gasteiger partial charge in [0.05, 0.1) is 6.67 Å². The molecule has 0 fully saturated rings. The highest BCUT2D eigenvalue weighted by Gasteiger charge is 2.01. The van der Waals surface area contributed by atoms with Crippen molar-refractivity contribution in [2.75, 3.05) is 25.3 Å². The predicted octanol–water partition coefficient (Wildman–Crippen LogP) is 0.589. The lowest BCUT2D eigenvalue weighted by Gasteiger charge is -2.21. The van der Waals surface area contributed by atoms with Crippen LogP contribution in [0.25, 0.3) is 0 Å². The van der Waals surface area contributed by atoms with E-state index >= 15 is 0 Å². The van der Waals surface area contributed by atoms with Gasteiger partial charge in [-0.25, -0.2) is 10.4 Å². The van der Waals surface area contributed by atoms with Crippen LogP contribution in [0.2, 0.25) is 0 Å². The van der Waals surface area contributed by atoms with Gasteiger partial charge in [-0.2, -0.15) is 0 Å². The number of anilines is 1. The molecule has 13 heavy (non-hydrogen) atoms. The first-order valence-electron chi connectivity index (χ1n) is 4.45. The van der Waals surface area contributed by atoms with Gasteiger partial charge in [0.15, 0.2) is 0 Å². The maximum atomic E-state index is 4.23. The molecule has 0 unspecified atom stereocenters. The largest absolute Gasteiger partial charge is 0.299 e. The van der Waals surface area contributed by atoms with Crippen molar-refractivity contribution < 1.29 is 0 Å². The van der Waals surface area contributed by atoms with Gasteiger partial charge in [0.25, 0.3) is 0 Å². The maximum absolute atomic E-state index is 4.23. The monoisotopic (exact) mass is 180 g/mol. The number of nitrogens with zero attached hydrogens (tertiary/aromatic N) is 2.